The molecule has 0 atom stereocenters. The highest BCUT2D eigenvalue weighted by atomic mass is 16.2. The number of benzene rings is 1. The Kier molecular flexibility index (Phi) is 5.04. The maximum atomic E-state index is 12.2. The molecular weight excluding hydrogens is 314 g/mol. The summed E-state index contributed by atoms with van der Waals surface area (Å²) in [5.41, 5.74) is 2.87. The standard InChI is InChI=1S/C20H25N3O2/c1-4-19(24)23-9-7-22(8-10-23)13-15-5-6-16-12-17(14(2)3)20(25)21-18(16)11-15/h4-6,11-12,14H,1,7-10,13H2,2-3H3,(H,21,25). The van der Waals surface area contributed by atoms with Gasteiger partial charge in [-0.25, -0.2) is 0 Å². The normalized spacial score (nSPS) is 15.7. The Balaban J connectivity index is 1.73. The topological polar surface area (TPSA) is 56.4 Å². The van der Waals surface area contributed by atoms with Gasteiger partial charge in [-0.3, -0.25) is 14.5 Å². The largest absolute Gasteiger partial charge is 0.337 e. The zero-order valence-electron chi connectivity index (χ0n) is 14.9. The lowest BCUT2D eigenvalue weighted by atomic mass is 10.0. The van der Waals surface area contributed by atoms with Gasteiger partial charge in [-0.1, -0.05) is 32.6 Å². The van der Waals surface area contributed by atoms with Crippen molar-refractivity contribution >= 4 is 16.8 Å². The molecule has 132 valence electrons. The molecule has 1 amide bonds. The molecule has 0 bridgehead atoms. The van der Waals surface area contributed by atoms with Crippen LogP contribution < -0.4 is 5.56 Å². The van der Waals surface area contributed by atoms with Gasteiger partial charge in [0, 0.05) is 43.8 Å². The first-order valence-corrected chi connectivity index (χ1v) is 8.77. The smallest absolute Gasteiger partial charge is 0.251 e. The van der Waals surface area contributed by atoms with Crippen molar-refractivity contribution in [1.29, 1.82) is 0 Å². The summed E-state index contributed by atoms with van der Waals surface area (Å²) in [5, 5.41) is 1.06. The van der Waals surface area contributed by atoms with Gasteiger partial charge in [0.25, 0.3) is 5.56 Å². The number of fused-ring (bicyclic) bond motifs is 1. The molecule has 2 heterocycles. The van der Waals surface area contributed by atoms with E-state index in [-0.39, 0.29) is 17.4 Å². The number of H-pyrrole nitrogens is 1. The molecule has 1 aliphatic rings. The van der Waals surface area contributed by atoms with Gasteiger partial charge in [-0.05, 0) is 35.1 Å². The SMILES string of the molecule is C=CC(=O)N1CCN(Cc2ccc3cc(C(C)C)c(=O)[nH]c3c2)CC1. The average molecular weight is 339 g/mol. The molecule has 2 aromatic rings. The van der Waals surface area contributed by atoms with E-state index in [1.165, 1.54) is 11.6 Å². The Hall–Kier alpha value is -2.40. The van der Waals surface area contributed by atoms with Crippen LogP contribution in [0.25, 0.3) is 10.9 Å². The maximum absolute atomic E-state index is 12.2. The van der Waals surface area contributed by atoms with E-state index in [4.69, 9.17) is 0 Å². The minimum atomic E-state index is -0.00352. The molecule has 5 heteroatoms. The second-order valence-electron chi connectivity index (χ2n) is 6.94. The molecular formula is C20H25N3O2. The maximum Gasteiger partial charge on any atom is 0.251 e. The Labute approximate surface area is 147 Å². The fourth-order valence-corrected chi connectivity index (χ4v) is 3.31. The van der Waals surface area contributed by atoms with E-state index in [2.05, 4.69) is 34.7 Å². The van der Waals surface area contributed by atoms with Crippen molar-refractivity contribution in [3.05, 3.63) is 58.4 Å². The van der Waals surface area contributed by atoms with Gasteiger partial charge in [0.1, 0.15) is 0 Å². The lowest BCUT2D eigenvalue weighted by molar-refractivity contribution is -0.127. The number of pyridine rings is 1. The van der Waals surface area contributed by atoms with Gasteiger partial charge in [0.2, 0.25) is 5.91 Å². The number of carbonyl (C=O) groups is 1. The van der Waals surface area contributed by atoms with Crippen LogP contribution >= 0.6 is 0 Å². The zero-order chi connectivity index (χ0) is 18.0. The third-order valence-corrected chi connectivity index (χ3v) is 4.83. The summed E-state index contributed by atoms with van der Waals surface area (Å²) in [4.78, 5) is 31.0. The highest BCUT2D eigenvalue weighted by Crippen LogP contribution is 2.19. The first-order valence-electron chi connectivity index (χ1n) is 8.77. The molecule has 25 heavy (non-hydrogen) atoms. The highest BCUT2D eigenvalue weighted by molar-refractivity contribution is 5.87. The summed E-state index contributed by atoms with van der Waals surface area (Å²) in [6.45, 7) is 11.6. The summed E-state index contributed by atoms with van der Waals surface area (Å²) in [7, 11) is 0. The molecule has 1 fully saturated rings. The van der Waals surface area contributed by atoms with E-state index < -0.39 is 0 Å². The van der Waals surface area contributed by atoms with Crippen molar-refractivity contribution in [2.24, 2.45) is 0 Å². The predicted molar refractivity (Wildman–Crippen MR) is 101 cm³/mol. The van der Waals surface area contributed by atoms with E-state index >= 15 is 0 Å². The minimum absolute atomic E-state index is 0.00352. The second-order valence-corrected chi connectivity index (χ2v) is 6.94. The Morgan fingerprint density at radius 3 is 2.60 bits per heavy atom. The number of aromatic amines is 1. The van der Waals surface area contributed by atoms with Gasteiger partial charge in [0.05, 0.1) is 0 Å². The molecule has 5 nitrogen and oxygen atoms in total. The Bertz CT molecular complexity index is 846. The van der Waals surface area contributed by atoms with Crippen LogP contribution in [0.4, 0.5) is 0 Å². The molecule has 1 aromatic heterocycles. The monoisotopic (exact) mass is 339 g/mol. The van der Waals surface area contributed by atoms with Gasteiger partial charge in [0.15, 0.2) is 0 Å². The van der Waals surface area contributed by atoms with E-state index in [9.17, 15) is 9.59 Å². The molecule has 3 rings (SSSR count). The van der Waals surface area contributed by atoms with Crippen molar-refractivity contribution in [3.63, 3.8) is 0 Å². The molecule has 1 aliphatic heterocycles. The summed E-state index contributed by atoms with van der Waals surface area (Å²) >= 11 is 0. The number of hydrogen-bond acceptors (Lipinski definition) is 3. The van der Waals surface area contributed by atoms with Crippen LogP contribution in [0.5, 0.6) is 0 Å². The van der Waals surface area contributed by atoms with Crippen LogP contribution in [0.2, 0.25) is 0 Å². The van der Waals surface area contributed by atoms with Crippen LogP contribution in [-0.4, -0.2) is 46.9 Å². The second kappa shape index (κ2) is 7.23. The molecule has 0 radical (unpaired) electrons. The number of rotatable bonds is 4. The fourth-order valence-electron chi connectivity index (χ4n) is 3.31. The highest BCUT2D eigenvalue weighted by Gasteiger charge is 2.19. The molecule has 0 unspecified atom stereocenters. The number of hydrogen-bond donors (Lipinski definition) is 1. The van der Waals surface area contributed by atoms with E-state index in [0.29, 0.717) is 0 Å². The number of aromatic nitrogens is 1. The molecule has 0 saturated carbocycles. The predicted octanol–water partition coefficient (Wildman–Crippen LogP) is 2.48. The van der Waals surface area contributed by atoms with E-state index in [0.717, 1.165) is 49.2 Å². The molecule has 0 aliphatic carbocycles. The van der Waals surface area contributed by atoms with Crippen LogP contribution in [-0.2, 0) is 11.3 Å². The van der Waals surface area contributed by atoms with Gasteiger partial charge >= 0.3 is 0 Å². The molecule has 1 saturated heterocycles. The number of nitrogens with one attached hydrogen (secondary N) is 1. The minimum Gasteiger partial charge on any atom is -0.337 e. The number of amides is 1. The Morgan fingerprint density at radius 2 is 1.96 bits per heavy atom. The van der Waals surface area contributed by atoms with Gasteiger partial charge < -0.3 is 9.88 Å². The summed E-state index contributed by atoms with van der Waals surface area (Å²) < 4.78 is 0. The average Bonchev–Trinajstić information content (AvgIpc) is 2.60. The van der Waals surface area contributed by atoms with Crippen LogP contribution in [0, 0.1) is 0 Å². The van der Waals surface area contributed by atoms with Crippen molar-refractivity contribution in [1.82, 2.24) is 14.8 Å². The first-order chi connectivity index (χ1) is 12.0. The number of piperazine rings is 1. The van der Waals surface area contributed by atoms with Crippen LogP contribution in [0.3, 0.4) is 0 Å². The van der Waals surface area contributed by atoms with Crippen molar-refractivity contribution < 1.29 is 4.79 Å². The molecule has 1 aromatic carbocycles. The summed E-state index contributed by atoms with van der Waals surface area (Å²) in [6, 6.07) is 8.24. The lowest BCUT2D eigenvalue weighted by Gasteiger charge is -2.34. The number of carbonyl (C=O) groups excluding carboxylic acids is 1. The van der Waals surface area contributed by atoms with Crippen molar-refractivity contribution in [3.8, 4) is 0 Å². The number of nitrogens with zero attached hydrogens (tertiary/aromatic N) is 2. The van der Waals surface area contributed by atoms with E-state index in [1.54, 1.807) is 0 Å². The Morgan fingerprint density at radius 1 is 1.24 bits per heavy atom. The third-order valence-electron chi connectivity index (χ3n) is 4.83. The van der Waals surface area contributed by atoms with Gasteiger partial charge in [-0.15, -0.1) is 0 Å². The zero-order valence-corrected chi connectivity index (χ0v) is 14.9. The van der Waals surface area contributed by atoms with Crippen molar-refractivity contribution in [2.45, 2.75) is 26.3 Å². The third kappa shape index (κ3) is 3.82. The van der Waals surface area contributed by atoms with E-state index in [1.807, 2.05) is 24.8 Å². The molecule has 0 spiro atoms. The van der Waals surface area contributed by atoms with Crippen LogP contribution in [0.15, 0.2) is 41.7 Å². The quantitative estimate of drug-likeness (QED) is 0.871. The molecule has 1 N–H and O–H groups in total. The summed E-state index contributed by atoms with van der Waals surface area (Å²) in [5.74, 6) is 0.214. The lowest BCUT2D eigenvalue weighted by Crippen LogP contribution is -2.47. The summed E-state index contributed by atoms with van der Waals surface area (Å²) in [6.07, 6.45) is 1.38. The van der Waals surface area contributed by atoms with Gasteiger partial charge in [-0.2, -0.15) is 0 Å². The fraction of sp³-hybridized carbons (Fsp3) is 0.400. The van der Waals surface area contributed by atoms with Crippen molar-refractivity contribution in [2.75, 3.05) is 26.2 Å². The van der Waals surface area contributed by atoms with Crippen LogP contribution in [0.1, 0.15) is 30.9 Å². The first kappa shape index (κ1) is 17.4.